The fraction of sp³-hybridized carbons (Fsp3) is 0.429. The summed E-state index contributed by atoms with van der Waals surface area (Å²) in [5.41, 5.74) is 0.955. The number of halogens is 2. The van der Waals surface area contributed by atoms with E-state index < -0.39 is 0 Å². The summed E-state index contributed by atoms with van der Waals surface area (Å²) in [5, 5.41) is 3.84. The topological polar surface area (TPSA) is 12.0 Å². The van der Waals surface area contributed by atoms with Gasteiger partial charge in [-0.25, -0.2) is 4.39 Å². The van der Waals surface area contributed by atoms with Gasteiger partial charge in [0.05, 0.1) is 0 Å². The van der Waals surface area contributed by atoms with Crippen molar-refractivity contribution in [1.29, 1.82) is 0 Å². The minimum absolute atomic E-state index is 0.291. The summed E-state index contributed by atoms with van der Waals surface area (Å²) in [6, 6.07) is 4.81. The Hall–Kier alpha value is -1.04. The summed E-state index contributed by atoms with van der Waals surface area (Å²) in [7, 11) is 0. The first kappa shape index (κ1) is 14.0. The Morgan fingerprint density at radius 2 is 2.29 bits per heavy atom. The van der Waals surface area contributed by atoms with Crippen LogP contribution in [0.2, 0.25) is 5.02 Å². The highest BCUT2D eigenvalue weighted by molar-refractivity contribution is 6.31. The van der Waals surface area contributed by atoms with Crippen LogP contribution in [0.1, 0.15) is 25.3 Å². The fourth-order valence-corrected chi connectivity index (χ4v) is 2.02. The summed E-state index contributed by atoms with van der Waals surface area (Å²) in [4.78, 5) is 0. The van der Waals surface area contributed by atoms with Crippen LogP contribution in [0.15, 0.2) is 18.2 Å². The van der Waals surface area contributed by atoms with Crippen LogP contribution >= 0.6 is 11.6 Å². The Morgan fingerprint density at radius 3 is 2.88 bits per heavy atom. The van der Waals surface area contributed by atoms with Gasteiger partial charge in [0.1, 0.15) is 5.82 Å². The highest BCUT2D eigenvalue weighted by Gasteiger charge is 2.10. The Labute approximate surface area is 107 Å². The Balaban J connectivity index is 2.68. The van der Waals surface area contributed by atoms with Gasteiger partial charge in [0.25, 0.3) is 0 Å². The quantitative estimate of drug-likeness (QED) is 0.766. The van der Waals surface area contributed by atoms with Crippen LogP contribution in [-0.4, -0.2) is 12.6 Å². The van der Waals surface area contributed by atoms with E-state index in [0.717, 1.165) is 31.4 Å². The van der Waals surface area contributed by atoms with E-state index in [0.29, 0.717) is 11.1 Å². The smallest absolute Gasteiger partial charge is 0.124 e. The average molecular weight is 254 g/mol. The molecule has 0 saturated carbocycles. The number of nitrogens with one attached hydrogen (secondary N) is 1. The van der Waals surface area contributed by atoms with Gasteiger partial charge < -0.3 is 5.32 Å². The molecule has 3 heteroatoms. The van der Waals surface area contributed by atoms with Crippen molar-refractivity contribution in [3.8, 4) is 12.3 Å². The zero-order valence-corrected chi connectivity index (χ0v) is 10.7. The molecule has 1 N–H and O–H groups in total. The Morgan fingerprint density at radius 1 is 1.53 bits per heavy atom. The van der Waals surface area contributed by atoms with E-state index in [2.05, 4.69) is 18.2 Å². The van der Waals surface area contributed by atoms with E-state index in [9.17, 15) is 4.39 Å². The maximum absolute atomic E-state index is 12.9. The Bertz CT molecular complexity index is 398. The molecule has 92 valence electrons. The van der Waals surface area contributed by atoms with Gasteiger partial charge in [-0.3, -0.25) is 0 Å². The van der Waals surface area contributed by atoms with Gasteiger partial charge in [-0.15, -0.1) is 12.3 Å². The lowest BCUT2D eigenvalue weighted by Gasteiger charge is -2.17. The summed E-state index contributed by atoms with van der Waals surface area (Å²) < 4.78 is 12.9. The molecule has 0 aliphatic carbocycles. The molecule has 0 aromatic heterocycles. The number of benzene rings is 1. The van der Waals surface area contributed by atoms with Crippen LogP contribution in [0.25, 0.3) is 0 Å². The standard InChI is InChI=1S/C14H17ClFN/c1-3-5-6-13(17-4-2)9-11-7-8-12(16)10-14(11)15/h1,7-8,10,13,17H,4-6,9H2,2H3. The van der Waals surface area contributed by atoms with Gasteiger partial charge in [-0.2, -0.15) is 0 Å². The maximum Gasteiger partial charge on any atom is 0.124 e. The van der Waals surface area contributed by atoms with Crippen LogP contribution < -0.4 is 5.32 Å². The van der Waals surface area contributed by atoms with E-state index in [4.69, 9.17) is 18.0 Å². The van der Waals surface area contributed by atoms with E-state index >= 15 is 0 Å². The number of hydrogen-bond donors (Lipinski definition) is 1. The minimum atomic E-state index is -0.303. The largest absolute Gasteiger partial charge is 0.314 e. The molecule has 0 bridgehead atoms. The third-order valence-electron chi connectivity index (χ3n) is 2.61. The second kappa shape index (κ2) is 7.32. The third kappa shape index (κ3) is 4.77. The third-order valence-corrected chi connectivity index (χ3v) is 2.96. The molecule has 0 amide bonds. The van der Waals surface area contributed by atoms with Crippen LogP contribution in [0.5, 0.6) is 0 Å². The second-order valence-corrected chi connectivity index (χ2v) is 4.34. The lowest BCUT2D eigenvalue weighted by atomic mass is 10.0. The molecule has 1 unspecified atom stereocenters. The molecular weight excluding hydrogens is 237 g/mol. The van der Waals surface area contributed by atoms with Crippen LogP contribution in [0.3, 0.4) is 0 Å². The van der Waals surface area contributed by atoms with Crippen molar-refractivity contribution in [3.63, 3.8) is 0 Å². The molecule has 0 aliphatic heterocycles. The lowest BCUT2D eigenvalue weighted by molar-refractivity contribution is 0.497. The fourth-order valence-electron chi connectivity index (χ4n) is 1.78. The maximum atomic E-state index is 12.9. The minimum Gasteiger partial charge on any atom is -0.314 e. The molecule has 1 aromatic rings. The molecule has 0 fully saturated rings. The SMILES string of the molecule is C#CCCC(Cc1ccc(F)cc1Cl)NCC. The van der Waals surface area contributed by atoms with Gasteiger partial charge in [0.15, 0.2) is 0 Å². The zero-order chi connectivity index (χ0) is 12.7. The highest BCUT2D eigenvalue weighted by Crippen LogP contribution is 2.19. The molecule has 0 heterocycles. The Kier molecular flexibility index (Phi) is 6.04. The van der Waals surface area contributed by atoms with Gasteiger partial charge in [-0.1, -0.05) is 24.6 Å². The van der Waals surface area contributed by atoms with Crippen LogP contribution in [0.4, 0.5) is 4.39 Å². The summed E-state index contributed by atoms with van der Waals surface area (Å²) in [5.74, 6) is 2.33. The second-order valence-electron chi connectivity index (χ2n) is 3.94. The number of terminal acetylenes is 1. The van der Waals surface area contributed by atoms with Crippen molar-refractivity contribution in [2.24, 2.45) is 0 Å². The van der Waals surface area contributed by atoms with Gasteiger partial charge >= 0.3 is 0 Å². The summed E-state index contributed by atoms with van der Waals surface area (Å²) in [6.45, 7) is 2.93. The number of rotatable bonds is 6. The normalized spacial score (nSPS) is 12.1. The first-order valence-electron chi connectivity index (χ1n) is 5.78. The van der Waals surface area contributed by atoms with Crippen molar-refractivity contribution in [2.75, 3.05) is 6.54 Å². The van der Waals surface area contributed by atoms with E-state index in [1.165, 1.54) is 12.1 Å². The van der Waals surface area contributed by atoms with Gasteiger partial charge in [0, 0.05) is 17.5 Å². The molecule has 0 aliphatic rings. The average Bonchev–Trinajstić information content (AvgIpc) is 2.29. The number of hydrogen-bond acceptors (Lipinski definition) is 1. The van der Waals surface area contributed by atoms with Crippen molar-refractivity contribution in [2.45, 2.75) is 32.2 Å². The molecule has 0 saturated heterocycles. The molecule has 1 nitrogen and oxygen atoms in total. The van der Waals surface area contributed by atoms with Crippen molar-refractivity contribution in [1.82, 2.24) is 5.32 Å². The van der Waals surface area contributed by atoms with E-state index in [1.807, 2.05) is 0 Å². The monoisotopic (exact) mass is 253 g/mol. The van der Waals surface area contributed by atoms with Gasteiger partial charge in [-0.05, 0) is 37.1 Å². The molecule has 17 heavy (non-hydrogen) atoms. The van der Waals surface area contributed by atoms with E-state index in [1.54, 1.807) is 6.07 Å². The first-order valence-corrected chi connectivity index (χ1v) is 6.16. The molecule has 1 atom stereocenters. The molecule has 0 spiro atoms. The predicted octanol–water partition coefficient (Wildman–Crippen LogP) is 3.41. The van der Waals surface area contributed by atoms with Crippen molar-refractivity contribution >= 4 is 11.6 Å². The number of likely N-dealkylation sites (N-methyl/N-ethyl adjacent to an activating group) is 1. The summed E-state index contributed by atoms with van der Waals surface area (Å²) in [6.07, 6.45) is 7.67. The molecule has 1 aromatic carbocycles. The van der Waals surface area contributed by atoms with Gasteiger partial charge in [0.2, 0.25) is 0 Å². The molecule has 0 radical (unpaired) electrons. The molecule has 1 rings (SSSR count). The zero-order valence-electron chi connectivity index (χ0n) is 9.97. The summed E-state index contributed by atoms with van der Waals surface area (Å²) >= 11 is 6.00. The molecular formula is C14H17ClFN. The van der Waals surface area contributed by atoms with Crippen LogP contribution in [0, 0.1) is 18.2 Å². The lowest BCUT2D eigenvalue weighted by Crippen LogP contribution is -2.30. The first-order chi connectivity index (χ1) is 8.17. The van der Waals surface area contributed by atoms with Crippen molar-refractivity contribution in [3.05, 3.63) is 34.6 Å². The predicted molar refractivity (Wildman–Crippen MR) is 70.6 cm³/mol. The van der Waals surface area contributed by atoms with E-state index in [-0.39, 0.29) is 5.82 Å². The van der Waals surface area contributed by atoms with Crippen molar-refractivity contribution < 1.29 is 4.39 Å². The highest BCUT2D eigenvalue weighted by atomic mass is 35.5. The van der Waals surface area contributed by atoms with Crippen LogP contribution in [-0.2, 0) is 6.42 Å².